The Labute approximate surface area is 286 Å². The van der Waals surface area contributed by atoms with Crippen LogP contribution in [0.4, 0.5) is 4.39 Å². The Morgan fingerprint density at radius 3 is 1.98 bits per heavy atom. The Morgan fingerprint density at radius 1 is 0.571 bits per heavy atom. The first kappa shape index (κ1) is 33.2. The molecule has 6 heteroatoms. The van der Waals surface area contributed by atoms with Gasteiger partial charge in [0.2, 0.25) is 0 Å². The summed E-state index contributed by atoms with van der Waals surface area (Å²) in [5, 5.41) is 4.84. The predicted octanol–water partition coefficient (Wildman–Crippen LogP) is 8.42. The van der Waals surface area contributed by atoms with Crippen molar-refractivity contribution in [1.82, 2.24) is 9.97 Å². The molecule has 0 atom stereocenters. The smallest absolute Gasteiger partial charge is 0.0379 e. The second kappa shape index (κ2) is 15.8. The quantitative estimate of drug-likeness (QED) is 0.102. The number of hydrogen-bond donors (Lipinski definition) is 0. The van der Waals surface area contributed by atoms with Crippen LogP contribution in [0.5, 0.6) is 0 Å². The summed E-state index contributed by atoms with van der Waals surface area (Å²) in [6, 6.07) is 49.8. The number of pyridine rings is 2. The van der Waals surface area contributed by atoms with Gasteiger partial charge in [-0.25, -0.2) is 6.07 Å². The van der Waals surface area contributed by atoms with Crippen molar-refractivity contribution >= 4 is 30.0 Å². The van der Waals surface area contributed by atoms with E-state index in [-0.39, 0.29) is 67.0 Å². The van der Waals surface area contributed by atoms with Crippen LogP contribution in [0.25, 0.3) is 55.2 Å². The number of hydrogen-bond acceptors (Lipinski definition) is 2. The van der Waals surface area contributed by atoms with Crippen LogP contribution in [-0.4, -0.2) is 18.4 Å². The standard InChI is InChI=1S/C25H14N.C11H7FN.B.Ir.Y/c1-2-9-23-18(6-1)11-12-21-16-20(13-14-24(21)23)19-7-5-8-22(17-19)25-10-3-4-15-26-25;12-10-6-4-9(5-7-10)11-3-1-2-8-13-11;;;/h1-7,9-15H;1-4,6-8H;;;/q-3;-1;;;. The number of nitrogens with zero attached hydrogens (tertiary/aromatic N) is 2. The third-order valence-corrected chi connectivity index (χ3v) is 6.32. The van der Waals surface area contributed by atoms with Crippen LogP contribution in [0.2, 0.25) is 0 Å². The van der Waals surface area contributed by atoms with Crippen molar-refractivity contribution in [3.63, 3.8) is 0 Å². The van der Waals surface area contributed by atoms with Gasteiger partial charge < -0.3 is 16.0 Å². The Bertz CT molecular complexity index is 1870. The van der Waals surface area contributed by atoms with Crippen molar-refractivity contribution in [2.75, 3.05) is 0 Å². The fraction of sp³-hybridized carbons (Fsp3) is 0. The van der Waals surface area contributed by atoms with Gasteiger partial charge in [-0.05, 0) is 28.6 Å². The summed E-state index contributed by atoms with van der Waals surface area (Å²) < 4.78 is 12.6. The molecule has 0 bridgehead atoms. The maximum Gasteiger partial charge on any atom is 0.0379 e. The Hall–Kier alpha value is -3.33. The third-order valence-electron chi connectivity index (χ3n) is 6.32. The van der Waals surface area contributed by atoms with E-state index in [9.17, 15) is 4.39 Å². The second-order valence-corrected chi connectivity index (χ2v) is 8.86. The zero-order chi connectivity index (χ0) is 26.4. The van der Waals surface area contributed by atoms with Gasteiger partial charge in [-0.2, -0.15) is 5.56 Å². The van der Waals surface area contributed by atoms with Crippen LogP contribution in [-0.2, 0) is 52.8 Å². The largest absolute Gasteiger partial charge is 0.352 e. The van der Waals surface area contributed by atoms with E-state index in [1.54, 1.807) is 18.5 Å². The molecule has 42 heavy (non-hydrogen) atoms. The molecule has 0 N–H and O–H groups in total. The molecule has 7 aromatic rings. The first-order valence-electron chi connectivity index (χ1n) is 12.5. The normalized spacial score (nSPS) is 9.93. The number of fused-ring (bicyclic) bond motifs is 3. The number of halogens is 1. The van der Waals surface area contributed by atoms with Gasteiger partial charge in [0.15, 0.2) is 0 Å². The molecule has 7 rings (SSSR count). The summed E-state index contributed by atoms with van der Waals surface area (Å²) in [5.74, 6) is -0.278. The van der Waals surface area contributed by atoms with Crippen LogP contribution in [0.1, 0.15) is 0 Å². The zero-order valence-electron chi connectivity index (χ0n) is 22.4. The second-order valence-electron chi connectivity index (χ2n) is 8.86. The van der Waals surface area contributed by atoms with Gasteiger partial charge in [-0.1, -0.05) is 59.6 Å². The Kier molecular flexibility index (Phi) is 12.5. The molecule has 0 saturated heterocycles. The van der Waals surface area contributed by atoms with Crippen molar-refractivity contribution in [2.24, 2.45) is 0 Å². The number of aromatic nitrogens is 2. The van der Waals surface area contributed by atoms with Crippen molar-refractivity contribution in [3.05, 3.63) is 158 Å². The van der Waals surface area contributed by atoms with E-state index in [2.05, 4.69) is 82.8 Å². The molecule has 5 aromatic carbocycles. The van der Waals surface area contributed by atoms with E-state index >= 15 is 0 Å². The maximum absolute atomic E-state index is 12.6. The van der Waals surface area contributed by atoms with Gasteiger partial charge in [0.1, 0.15) is 0 Å². The van der Waals surface area contributed by atoms with Crippen molar-refractivity contribution in [3.8, 4) is 33.6 Å². The average Bonchev–Trinajstić information content (AvgIpc) is 3.02. The molecule has 0 fully saturated rings. The van der Waals surface area contributed by atoms with Gasteiger partial charge in [0.05, 0.1) is 0 Å². The fourth-order valence-electron chi connectivity index (χ4n) is 4.41. The zero-order valence-corrected chi connectivity index (χ0v) is 27.6. The molecular weight excluding hydrogens is 771 g/mol. The van der Waals surface area contributed by atoms with E-state index in [4.69, 9.17) is 0 Å². The maximum atomic E-state index is 12.6. The molecule has 0 saturated carbocycles. The van der Waals surface area contributed by atoms with E-state index in [0.29, 0.717) is 0 Å². The molecule has 0 amide bonds. The molecule has 2 nitrogen and oxygen atoms in total. The molecular formula is C36H21BFIrN2Y-4. The molecule has 0 aliphatic carbocycles. The number of benzene rings is 5. The third kappa shape index (κ3) is 7.73. The van der Waals surface area contributed by atoms with Gasteiger partial charge >= 0.3 is 0 Å². The van der Waals surface area contributed by atoms with Crippen molar-refractivity contribution in [1.29, 1.82) is 0 Å². The minimum atomic E-state index is -0.278. The summed E-state index contributed by atoms with van der Waals surface area (Å²) in [7, 11) is 0. The van der Waals surface area contributed by atoms with Gasteiger partial charge in [-0.15, -0.1) is 65.5 Å². The summed E-state index contributed by atoms with van der Waals surface area (Å²) in [5.41, 5.74) is 5.39. The van der Waals surface area contributed by atoms with Gasteiger partial charge in [0, 0.05) is 79.4 Å². The minimum Gasteiger partial charge on any atom is -0.352 e. The van der Waals surface area contributed by atoms with E-state index in [1.165, 1.54) is 28.3 Å². The summed E-state index contributed by atoms with van der Waals surface area (Å²) >= 11 is 0. The van der Waals surface area contributed by atoms with Crippen LogP contribution in [0.3, 0.4) is 0 Å². The molecule has 2 heterocycles. The van der Waals surface area contributed by atoms with E-state index < -0.39 is 0 Å². The van der Waals surface area contributed by atoms with Crippen LogP contribution < -0.4 is 0 Å². The van der Waals surface area contributed by atoms with Gasteiger partial charge in [-0.3, -0.25) is 27.7 Å². The first-order chi connectivity index (χ1) is 19.2. The molecule has 0 aliphatic rings. The first-order valence-corrected chi connectivity index (χ1v) is 12.5. The topological polar surface area (TPSA) is 25.8 Å². The minimum absolute atomic E-state index is 0. The molecule has 0 unspecified atom stereocenters. The van der Waals surface area contributed by atoms with Crippen LogP contribution in [0, 0.1) is 30.1 Å². The molecule has 2 aromatic heterocycles. The van der Waals surface area contributed by atoms with E-state index in [1.807, 2.05) is 48.5 Å². The Morgan fingerprint density at radius 2 is 1.26 bits per heavy atom. The number of rotatable bonds is 3. The van der Waals surface area contributed by atoms with E-state index in [0.717, 1.165) is 39.0 Å². The summed E-state index contributed by atoms with van der Waals surface area (Å²) in [4.78, 5) is 8.52. The summed E-state index contributed by atoms with van der Waals surface area (Å²) in [6.45, 7) is 0. The molecule has 5 radical (unpaired) electrons. The van der Waals surface area contributed by atoms with Crippen LogP contribution >= 0.6 is 0 Å². The van der Waals surface area contributed by atoms with Crippen molar-refractivity contribution in [2.45, 2.75) is 0 Å². The van der Waals surface area contributed by atoms with Crippen LogP contribution in [0.15, 0.2) is 128 Å². The molecule has 0 spiro atoms. The van der Waals surface area contributed by atoms with Crippen molar-refractivity contribution < 1.29 is 57.2 Å². The van der Waals surface area contributed by atoms with Gasteiger partial charge in [0.25, 0.3) is 0 Å². The average molecular weight is 793 g/mol. The predicted molar refractivity (Wildman–Crippen MR) is 161 cm³/mol. The Balaban J connectivity index is 0.000000259. The fourth-order valence-corrected chi connectivity index (χ4v) is 4.41. The monoisotopic (exact) mass is 793 g/mol. The molecule has 0 aliphatic heterocycles. The summed E-state index contributed by atoms with van der Waals surface area (Å²) in [6.07, 6.45) is 3.49. The SMILES string of the molecule is Fc1c[c-]c(-c2ccccn2)cc1.[B].[Ir].[Y].[c-]1ccc(-c2[c-]c3ccc4ccccc4c3cc2)[c-]c1-c1ccccn1. The molecule has 201 valence electrons.